The van der Waals surface area contributed by atoms with Crippen LogP contribution in [0.4, 0.5) is 4.39 Å². The van der Waals surface area contributed by atoms with Crippen molar-refractivity contribution in [3.8, 4) is 11.3 Å². The minimum absolute atomic E-state index is 0.0959. The van der Waals surface area contributed by atoms with E-state index in [1.54, 1.807) is 25.1 Å². The predicted molar refractivity (Wildman–Crippen MR) is 121 cm³/mol. The Morgan fingerprint density at radius 1 is 1.06 bits per heavy atom. The second-order valence-corrected chi connectivity index (χ2v) is 9.04. The van der Waals surface area contributed by atoms with Crippen molar-refractivity contribution in [2.24, 2.45) is 5.92 Å². The molecule has 0 aliphatic carbocycles. The van der Waals surface area contributed by atoms with Crippen LogP contribution >= 0.6 is 0 Å². The fraction of sp³-hybridized carbons (Fsp3) is 0.440. The number of hydrogen-bond acceptors (Lipinski definition) is 5. The van der Waals surface area contributed by atoms with E-state index in [0.717, 1.165) is 38.8 Å². The number of hydrogen-bond donors (Lipinski definition) is 0. The Balaban J connectivity index is 1.34. The third kappa shape index (κ3) is 4.34. The summed E-state index contributed by atoms with van der Waals surface area (Å²) in [5.74, 6) is 0.128. The first kappa shape index (κ1) is 21.6. The van der Waals surface area contributed by atoms with Crippen molar-refractivity contribution in [1.29, 1.82) is 0 Å². The fourth-order valence-corrected chi connectivity index (χ4v) is 4.89. The topological polar surface area (TPSA) is 79.5 Å². The van der Waals surface area contributed by atoms with Gasteiger partial charge in [0.05, 0.1) is 22.3 Å². The molecular weight excluding hydrogens is 423 g/mol. The summed E-state index contributed by atoms with van der Waals surface area (Å²) in [6.45, 7) is 4.76. The molecule has 0 atom stereocenters. The van der Waals surface area contributed by atoms with Gasteiger partial charge in [-0.2, -0.15) is 0 Å². The van der Waals surface area contributed by atoms with Crippen LogP contribution in [0.1, 0.15) is 48.2 Å². The first-order valence-corrected chi connectivity index (χ1v) is 11.6. The number of amides is 2. The summed E-state index contributed by atoms with van der Waals surface area (Å²) in [4.78, 5) is 34.3. The molecule has 2 amide bonds. The average molecular weight is 451 g/mol. The van der Waals surface area contributed by atoms with Crippen LogP contribution in [0.3, 0.4) is 0 Å². The third-order valence-corrected chi connectivity index (χ3v) is 6.81. The highest BCUT2D eigenvalue weighted by Gasteiger charge is 2.29. The predicted octanol–water partition coefficient (Wildman–Crippen LogP) is 4.20. The number of carbonyl (C=O) groups is 2. The second kappa shape index (κ2) is 8.92. The summed E-state index contributed by atoms with van der Waals surface area (Å²) < 4.78 is 18.7. The van der Waals surface area contributed by atoms with Crippen molar-refractivity contribution in [3.05, 3.63) is 47.4 Å². The second-order valence-electron chi connectivity index (χ2n) is 9.04. The van der Waals surface area contributed by atoms with Gasteiger partial charge < -0.3 is 14.3 Å². The number of carbonyl (C=O) groups excluding carboxylic acids is 2. The Bertz CT molecular complexity index is 1180. The summed E-state index contributed by atoms with van der Waals surface area (Å²) in [5.41, 5.74) is 2.62. The van der Waals surface area contributed by atoms with Gasteiger partial charge in [-0.05, 0) is 68.9 Å². The van der Waals surface area contributed by atoms with Crippen LogP contribution in [-0.4, -0.2) is 57.9 Å². The Hall–Kier alpha value is -3.29. The molecule has 0 spiro atoms. The Labute approximate surface area is 191 Å². The molecule has 5 rings (SSSR count). The van der Waals surface area contributed by atoms with E-state index in [2.05, 4.69) is 10.1 Å². The van der Waals surface area contributed by atoms with E-state index in [4.69, 9.17) is 4.52 Å². The Morgan fingerprint density at radius 2 is 1.76 bits per heavy atom. The Morgan fingerprint density at radius 3 is 2.45 bits per heavy atom. The smallest absolute Gasteiger partial charge is 0.259 e. The normalized spacial score (nSPS) is 17.2. The third-order valence-electron chi connectivity index (χ3n) is 6.81. The molecule has 2 aliphatic rings. The summed E-state index contributed by atoms with van der Waals surface area (Å²) in [7, 11) is 0. The van der Waals surface area contributed by atoms with Gasteiger partial charge in [0.2, 0.25) is 5.91 Å². The van der Waals surface area contributed by atoms with Gasteiger partial charge >= 0.3 is 0 Å². The molecule has 7 nitrogen and oxygen atoms in total. The Kier molecular flexibility index (Phi) is 5.83. The molecule has 33 heavy (non-hydrogen) atoms. The lowest BCUT2D eigenvalue weighted by atomic mass is 9.92. The van der Waals surface area contributed by atoms with E-state index >= 15 is 0 Å². The van der Waals surface area contributed by atoms with Gasteiger partial charge in [0.25, 0.3) is 11.6 Å². The molecule has 0 bridgehead atoms. The van der Waals surface area contributed by atoms with Gasteiger partial charge in [-0.3, -0.25) is 9.59 Å². The van der Waals surface area contributed by atoms with E-state index in [1.807, 2.05) is 9.80 Å². The minimum Gasteiger partial charge on any atom is -0.343 e. The summed E-state index contributed by atoms with van der Waals surface area (Å²) in [6, 6.07) is 7.73. The van der Waals surface area contributed by atoms with Crippen LogP contribution in [0.2, 0.25) is 0 Å². The summed E-state index contributed by atoms with van der Waals surface area (Å²) >= 11 is 0. The van der Waals surface area contributed by atoms with Crippen molar-refractivity contribution >= 4 is 22.9 Å². The molecule has 0 unspecified atom stereocenters. The molecule has 0 saturated carbocycles. The van der Waals surface area contributed by atoms with Crippen LogP contribution in [0, 0.1) is 18.7 Å². The van der Waals surface area contributed by atoms with Gasteiger partial charge in [0, 0.05) is 38.2 Å². The van der Waals surface area contributed by atoms with E-state index in [-0.39, 0.29) is 17.6 Å². The van der Waals surface area contributed by atoms with E-state index in [1.165, 1.54) is 12.1 Å². The zero-order valence-corrected chi connectivity index (χ0v) is 18.7. The van der Waals surface area contributed by atoms with Crippen LogP contribution < -0.4 is 0 Å². The van der Waals surface area contributed by atoms with E-state index in [9.17, 15) is 14.0 Å². The molecule has 2 aliphatic heterocycles. The van der Waals surface area contributed by atoms with Gasteiger partial charge in [-0.15, -0.1) is 0 Å². The molecule has 0 radical (unpaired) electrons. The molecule has 3 aromatic rings. The fourth-order valence-electron chi connectivity index (χ4n) is 4.89. The number of nitrogens with zero attached hydrogens (tertiary/aromatic N) is 4. The molecule has 4 heterocycles. The zero-order valence-electron chi connectivity index (χ0n) is 18.7. The van der Waals surface area contributed by atoms with Crippen LogP contribution in [-0.2, 0) is 4.79 Å². The number of fused-ring (bicyclic) bond motifs is 1. The zero-order chi connectivity index (χ0) is 22.9. The number of aryl methyl sites for hydroxylation is 1. The van der Waals surface area contributed by atoms with Crippen molar-refractivity contribution in [1.82, 2.24) is 19.9 Å². The highest BCUT2D eigenvalue weighted by Crippen LogP contribution is 2.30. The molecule has 0 N–H and O–H groups in total. The van der Waals surface area contributed by atoms with Crippen molar-refractivity contribution in [2.75, 3.05) is 26.2 Å². The van der Waals surface area contributed by atoms with Crippen LogP contribution in [0.15, 0.2) is 34.9 Å². The van der Waals surface area contributed by atoms with Gasteiger partial charge in [-0.1, -0.05) is 5.16 Å². The highest BCUT2D eigenvalue weighted by atomic mass is 19.1. The SMILES string of the molecule is Cc1noc2nc(-c3ccc(F)cc3)cc(C(=O)N3CCC(CC(=O)N4CCCC4)CC3)c12. The van der Waals surface area contributed by atoms with Crippen LogP contribution in [0.25, 0.3) is 22.4 Å². The first-order valence-electron chi connectivity index (χ1n) is 11.6. The maximum atomic E-state index is 13.5. The molecule has 1 aromatic carbocycles. The van der Waals surface area contributed by atoms with Crippen molar-refractivity contribution in [3.63, 3.8) is 0 Å². The van der Waals surface area contributed by atoms with Gasteiger partial charge in [-0.25, -0.2) is 9.37 Å². The molecular formula is C25H27FN4O3. The number of halogens is 1. The average Bonchev–Trinajstić information content (AvgIpc) is 3.50. The first-order chi connectivity index (χ1) is 16.0. The number of pyridine rings is 1. The van der Waals surface area contributed by atoms with E-state index < -0.39 is 0 Å². The largest absolute Gasteiger partial charge is 0.343 e. The molecule has 2 aromatic heterocycles. The number of piperidine rings is 1. The highest BCUT2D eigenvalue weighted by molar-refractivity contribution is 6.07. The maximum absolute atomic E-state index is 13.5. The summed E-state index contributed by atoms with van der Waals surface area (Å²) in [5, 5.41) is 4.61. The lowest BCUT2D eigenvalue weighted by Gasteiger charge is -2.32. The number of likely N-dealkylation sites (tertiary alicyclic amines) is 2. The number of benzene rings is 1. The standard InChI is InChI=1S/C25H27FN4O3/c1-16-23-20(15-21(27-24(23)33-28-16)18-4-6-19(26)7-5-18)25(32)30-12-8-17(9-13-30)14-22(31)29-10-2-3-11-29/h4-7,15,17H,2-3,8-14H2,1H3. The van der Waals surface area contributed by atoms with Crippen molar-refractivity contribution in [2.45, 2.75) is 39.0 Å². The van der Waals surface area contributed by atoms with Gasteiger partial charge in [0.15, 0.2) is 0 Å². The molecule has 172 valence electrons. The molecule has 8 heteroatoms. The lowest BCUT2D eigenvalue weighted by Crippen LogP contribution is -2.40. The van der Waals surface area contributed by atoms with Gasteiger partial charge in [0.1, 0.15) is 5.82 Å². The van der Waals surface area contributed by atoms with Crippen molar-refractivity contribution < 1.29 is 18.5 Å². The lowest BCUT2D eigenvalue weighted by molar-refractivity contribution is -0.131. The number of aromatic nitrogens is 2. The monoisotopic (exact) mass is 450 g/mol. The molecule has 2 fully saturated rings. The van der Waals surface area contributed by atoms with E-state index in [0.29, 0.717) is 59.0 Å². The number of rotatable bonds is 4. The van der Waals surface area contributed by atoms with Crippen LogP contribution in [0.5, 0.6) is 0 Å². The molecule has 2 saturated heterocycles. The summed E-state index contributed by atoms with van der Waals surface area (Å²) in [6.07, 6.45) is 4.39. The quantitative estimate of drug-likeness (QED) is 0.595. The minimum atomic E-state index is -0.335. The maximum Gasteiger partial charge on any atom is 0.259 e.